The molecule has 4 rings (SSSR count). The Morgan fingerprint density at radius 3 is 2.15 bits per heavy atom. The van der Waals surface area contributed by atoms with Gasteiger partial charge in [-0.1, -0.05) is 95.9 Å². The van der Waals surface area contributed by atoms with Crippen LogP contribution in [0.15, 0.2) is 42.5 Å². The number of halogens is 2. The summed E-state index contributed by atoms with van der Waals surface area (Å²) in [5.41, 5.74) is 0.983. The van der Waals surface area contributed by atoms with Gasteiger partial charge in [0.15, 0.2) is 20.9 Å². The number of carbonyl (C=O) groups excluding carboxylic acids is 1. The molecule has 0 aromatic heterocycles. The molecule has 2 saturated heterocycles. The summed E-state index contributed by atoms with van der Waals surface area (Å²) in [6.07, 6.45) is 13.7. The van der Waals surface area contributed by atoms with Crippen LogP contribution in [-0.2, 0) is 39.5 Å². The lowest BCUT2D eigenvalue weighted by molar-refractivity contribution is -0.204. The zero-order valence-electron chi connectivity index (χ0n) is 33.6. The average Bonchev–Trinajstić information content (AvgIpc) is 3.44. The number of ether oxygens (including phenoxy) is 5. The first-order chi connectivity index (χ1) is 25.3. The van der Waals surface area contributed by atoms with E-state index < -0.39 is 20.3 Å². The number of hydrogen-bond donors (Lipinski definition) is 0. The van der Waals surface area contributed by atoms with E-state index in [-0.39, 0.29) is 54.1 Å². The van der Waals surface area contributed by atoms with Gasteiger partial charge in [-0.2, -0.15) is 0 Å². The van der Waals surface area contributed by atoms with E-state index in [4.69, 9.17) is 28.1 Å². The van der Waals surface area contributed by atoms with Gasteiger partial charge in [-0.05, 0) is 87.4 Å². The van der Waals surface area contributed by atoms with Crippen LogP contribution in [0.25, 0.3) is 0 Å². The van der Waals surface area contributed by atoms with E-state index >= 15 is 8.78 Å². The predicted molar refractivity (Wildman–Crippen MR) is 208 cm³/mol. The summed E-state index contributed by atoms with van der Waals surface area (Å²) in [7, 11) is -2.53. The molecule has 3 fully saturated rings. The number of carbonyl (C=O) groups is 1. The summed E-state index contributed by atoms with van der Waals surface area (Å²) in [6.45, 7) is 14.0. The smallest absolute Gasteiger partial charge is 0.306 e. The van der Waals surface area contributed by atoms with E-state index in [1.54, 1.807) is 6.08 Å². The van der Waals surface area contributed by atoms with Crippen LogP contribution in [0, 0.1) is 11.8 Å². The maximum Gasteiger partial charge on any atom is 0.306 e. The van der Waals surface area contributed by atoms with E-state index in [1.165, 1.54) is 0 Å². The molecule has 1 aromatic rings. The van der Waals surface area contributed by atoms with Crippen molar-refractivity contribution in [1.29, 1.82) is 0 Å². The van der Waals surface area contributed by atoms with E-state index in [0.29, 0.717) is 45.5 Å². The molecule has 0 spiro atoms. The minimum atomic E-state index is -2.99. The van der Waals surface area contributed by atoms with E-state index in [1.807, 2.05) is 56.4 Å². The predicted octanol–water partition coefficient (Wildman–Crippen LogP) is 11.3. The van der Waals surface area contributed by atoms with Crippen molar-refractivity contribution in [3.8, 4) is 0 Å². The summed E-state index contributed by atoms with van der Waals surface area (Å²) in [5.74, 6) is -3.26. The number of benzene rings is 1. The SMILES string of the molecule is CCCCC(F)(F)C(/C=C/[C@@H]1[C@@H](CCCCCCC(=O)OCc2ccccc2)[C@@H](OC2CCCCO2)C[C@H]1OC1CCCCO1)O[Si](C)(C)C(C)(C)C. The van der Waals surface area contributed by atoms with Crippen LogP contribution in [0.4, 0.5) is 8.78 Å². The zero-order valence-corrected chi connectivity index (χ0v) is 34.6. The second-order valence-electron chi connectivity index (χ2n) is 17.1. The highest BCUT2D eigenvalue weighted by atomic mass is 28.4. The fourth-order valence-electron chi connectivity index (χ4n) is 7.42. The second kappa shape index (κ2) is 21.6. The van der Waals surface area contributed by atoms with Crippen LogP contribution in [0.3, 0.4) is 0 Å². The Labute approximate surface area is 320 Å². The molecular weight excluding hydrogens is 695 g/mol. The first-order valence-corrected chi connectivity index (χ1v) is 23.7. The number of rotatable bonds is 21. The van der Waals surface area contributed by atoms with Crippen molar-refractivity contribution in [3.05, 3.63) is 48.0 Å². The normalized spacial score (nSPS) is 26.6. The molecule has 3 aliphatic rings. The van der Waals surface area contributed by atoms with E-state index in [0.717, 1.165) is 76.2 Å². The fraction of sp³-hybridized carbons (Fsp3) is 0.791. The van der Waals surface area contributed by atoms with Crippen molar-refractivity contribution < 1.29 is 41.7 Å². The molecule has 1 saturated carbocycles. The van der Waals surface area contributed by atoms with Crippen molar-refractivity contribution in [3.63, 3.8) is 0 Å². The quantitative estimate of drug-likeness (QED) is 0.0534. The molecule has 53 heavy (non-hydrogen) atoms. The molecule has 0 radical (unpaired) electrons. The van der Waals surface area contributed by atoms with Crippen molar-refractivity contribution in [2.75, 3.05) is 13.2 Å². The third kappa shape index (κ3) is 14.4. The largest absolute Gasteiger partial charge is 0.461 e. The fourth-order valence-corrected chi connectivity index (χ4v) is 8.66. The van der Waals surface area contributed by atoms with Gasteiger partial charge in [-0.25, -0.2) is 8.78 Å². The Kier molecular flexibility index (Phi) is 17.9. The molecule has 7 nitrogen and oxygen atoms in total. The van der Waals surface area contributed by atoms with Gasteiger partial charge in [0.1, 0.15) is 12.7 Å². The van der Waals surface area contributed by atoms with Crippen molar-refractivity contribution >= 4 is 14.3 Å². The molecule has 1 aliphatic carbocycles. The third-order valence-corrected chi connectivity index (χ3v) is 16.2. The van der Waals surface area contributed by atoms with Crippen LogP contribution >= 0.6 is 0 Å². The van der Waals surface area contributed by atoms with Crippen LogP contribution in [0.2, 0.25) is 18.1 Å². The van der Waals surface area contributed by atoms with Gasteiger partial charge in [0.2, 0.25) is 0 Å². The monoisotopic (exact) mass is 764 g/mol. The summed E-state index contributed by atoms with van der Waals surface area (Å²) in [6, 6.07) is 9.73. The average molecular weight is 765 g/mol. The van der Waals surface area contributed by atoms with Crippen molar-refractivity contribution in [2.45, 2.75) is 192 Å². The number of esters is 1. The maximum absolute atomic E-state index is 16.1. The number of hydrogen-bond acceptors (Lipinski definition) is 7. The summed E-state index contributed by atoms with van der Waals surface area (Å²) < 4.78 is 69.6. The highest BCUT2D eigenvalue weighted by Gasteiger charge is 2.48. The molecular formula is C43H70F2O7Si. The molecule has 1 aromatic carbocycles. The Bertz CT molecular complexity index is 1210. The minimum Gasteiger partial charge on any atom is -0.461 e. The van der Waals surface area contributed by atoms with Crippen molar-refractivity contribution in [2.24, 2.45) is 11.8 Å². The van der Waals surface area contributed by atoms with Gasteiger partial charge in [0.05, 0.1) is 12.2 Å². The topological polar surface area (TPSA) is 72.5 Å². The van der Waals surface area contributed by atoms with Gasteiger partial charge < -0.3 is 28.1 Å². The van der Waals surface area contributed by atoms with Gasteiger partial charge in [0.25, 0.3) is 5.92 Å². The molecule has 0 amide bonds. The maximum atomic E-state index is 16.1. The van der Waals surface area contributed by atoms with Crippen LogP contribution in [0.5, 0.6) is 0 Å². The summed E-state index contributed by atoms with van der Waals surface area (Å²) in [5, 5.41) is -0.211. The highest BCUT2D eigenvalue weighted by Crippen LogP contribution is 2.45. The number of unbranched alkanes of at least 4 members (excludes halogenated alkanes) is 4. The lowest BCUT2D eigenvalue weighted by Crippen LogP contribution is -2.48. The first-order valence-electron chi connectivity index (χ1n) is 20.8. The molecule has 2 aliphatic heterocycles. The van der Waals surface area contributed by atoms with Crippen LogP contribution < -0.4 is 0 Å². The standard InChI is InChI=1S/C43H70F2O7Si/c1-7-8-28-43(44,45)38(52-53(5,6)42(2,3)4)27-26-35-34(22-14-9-10-15-23-39(46)49-32-33-20-12-11-13-21-33)36(50-40-24-16-18-29-47-40)31-37(35)51-41-25-17-19-30-48-41/h11-13,20-21,26-27,34-38,40-41H,7-10,14-19,22-25,28-32H2,1-6H3/b27-26+/t34-,35-,36+,37-,38?,40?,41?/m1/s1. The van der Waals surface area contributed by atoms with Gasteiger partial charge in [0, 0.05) is 38.4 Å². The van der Waals surface area contributed by atoms with Crippen LogP contribution in [0.1, 0.15) is 136 Å². The lowest BCUT2D eigenvalue weighted by Gasteiger charge is -2.40. The molecule has 10 heteroatoms. The summed E-state index contributed by atoms with van der Waals surface area (Å²) >= 11 is 0. The molecule has 2 heterocycles. The molecule has 0 bridgehead atoms. The molecule has 302 valence electrons. The Balaban J connectivity index is 1.49. The highest BCUT2D eigenvalue weighted by molar-refractivity contribution is 6.74. The van der Waals surface area contributed by atoms with Crippen molar-refractivity contribution in [1.82, 2.24) is 0 Å². The Morgan fingerprint density at radius 1 is 0.906 bits per heavy atom. The molecule has 3 unspecified atom stereocenters. The van der Waals surface area contributed by atoms with E-state index in [9.17, 15) is 4.79 Å². The lowest BCUT2D eigenvalue weighted by atomic mass is 9.87. The van der Waals surface area contributed by atoms with Gasteiger partial charge >= 0.3 is 5.97 Å². The zero-order chi connectivity index (χ0) is 38.3. The second-order valence-corrected chi connectivity index (χ2v) is 21.8. The van der Waals surface area contributed by atoms with E-state index in [2.05, 4.69) is 20.8 Å². The van der Waals surface area contributed by atoms with Gasteiger partial charge in [-0.3, -0.25) is 4.79 Å². The van der Waals surface area contributed by atoms with Crippen LogP contribution in [-0.4, -0.2) is 64.3 Å². The molecule has 0 N–H and O–H groups in total. The third-order valence-electron chi connectivity index (χ3n) is 11.7. The van der Waals surface area contributed by atoms with Gasteiger partial charge in [-0.15, -0.1) is 0 Å². The summed E-state index contributed by atoms with van der Waals surface area (Å²) in [4.78, 5) is 12.4. The Morgan fingerprint density at radius 2 is 1.55 bits per heavy atom. The number of alkyl halides is 2. The molecule has 7 atom stereocenters. The minimum absolute atomic E-state index is 0.0546. The first kappa shape index (κ1) is 44.0. The Hall–Kier alpha value is -1.69.